The van der Waals surface area contributed by atoms with E-state index in [0.29, 0.717) is 62.0 Å². The Morgan fingerprint density at radius 1 is 0.926 bits per heavy atom. The third kappa shape index (κ3) is 7.53. The van der Waals surface area contributed by atoms with Gasteiger partial charge in [0.15, 0.2) is 0 Å². The highest BCUT2D eigenvalue weighted by molar-refractivity contribution is 6.35. The molecular formula is C42H42Cl3N7O2. The fraction of sp³-hybridized carbons (Fsp3) is 0.262. The number of imidazole rings is 1. The van der Waals surface area contributed by atoms with E-state index in [4.69, 9.17) is 45.5 Å². The van der Waals surface area contributed by atoms with Crippen LogP contribution in [-0.2, 0) is 4.79 Å². The molecular weight excluding hydrogens is 741 g/mol. The maximum absolute atomic E-state index is 14.7. The minimum atomic E-state index is -0.459. The van der Waals surface area contributed by atoms with E-state index in [9.17, 15) is 9.59 Å². The molecule has 1 fully saturated rings. The highest BCUT2D eigenvalue weighted by Gasteiger charge is 2.30. The predicted molar refractivity (Wildman–Crippen MR) is 222 cm³/mol. The lowest BCUT2D eigenvalue weighted by molar-refractivity contribution is -0.129. The molecule has 7 rings (SSSR count). The average molecular weight is 783 g/mol. The molecule has 3 heterocycles. The number of H-pyrrole nitrogens is 1. The van der Waals surface area contributed by atoms with Crippen LogP contribution in [0.3, 0.4) is 0 Å². The average Bonchev–Trinajstić information content (AvgIpc) is 3.73. The van der Waals surface area contributed by atoms with Crippen LogP contribution in [-0.4, -0.2) is 45.5 Å². The molecule has 0 spiro atoms. The molecule has 12 heteroatoms. The summed E-state index contributed by atoms with van der Waals surface area (Å²) in [6.07, 6.45) is 3.33. The van der Waals surface area contributed by atoms with Crippen molar-refractivity contribution < 1.29 is 9.59 Å². The van der Waals surface area contributed by atoms with Gasteiger partial charge in [-0.3, -0.25) is 9.59 Å². The number of carbonyl (C=O) groups is 2. The zero-order chi connectivity index (χ0) is 38.3. The molecule has 2 amide bonds. The highest BCUT2D eigenvalue weighted by atomic mass is 35.5. The largest absolute Gasteiger partial charge is 0.399 e. The molecule has 1 atom stereocenters. The van der Waals surface area contributed by atoms with Gasteiger partial charge < -0.3 is 30.8 Å². The summed E-state index contributed by atoms with van der Waals surface area (Å²) in [4.78, 5) is 38.0. The smallest absolute Gasteiger partial charge is 0.272 e. The summed E-state index contributed by atoms with van der Waals surface area (Å²) in [6, 6.07) is 26.2. The van der Waals surface area contributed by atoms with Gasteiger partial charge in [-0.25, -0.2) is 4.98 Å². The van der Waals surface area contributed by atoms with Gasteiger partial charge in [-0.2, -0.15) is 0 Å². The fourth-order valence-electron chi connectivity index (χ4n) is 7.07. The Morgan fingerprint density at radius 3 is 2.33 bits per heavy atom. The van der Waals surface area contributed by atoms with Gasteiger partial charge in [0.25, 0.3) is 5.91 Å². The minimum absolute atomic E-state index is 0.0410. The van der Waals surface area contributed by atoms with E-state index in [1.165, 1.54) is 0 Å². The first kappa shape index (κ1) is 37.4. The molecule has 2 aromatic heterocycles. The number of nitrogens with two attached hydrogens (primary N) is 1. The second-order valence-corrected chi connectivity index (χ2v) is 16.1. The molecule has 0 radical (unpaired) electrons. The van der Waals surface area contributed by atoms with Crippen molar-refractivity contribution in [3.8, 4) is 22.5 Å². The zero-order valence-corrected chi connectivity index (χ0v) is 32.8. The molecule has 1 aliphatic rings. The number of nitrogens with one attached hydrogen (secondary N) is 3. The SMILES string of the molecule is C[C@@H](c1ccc(Cl)cc1Cl)n1cnc(-c2ccccc2)c1-c1c(C(=O)Nc2cc(N)ccc2N2CCC(NC(=O)C(C)(C)C)CC2)[nH]c2cc(Cl)ccc12. The lowest BCUT2D eigenvalue weighted by Gasteiger charge is -2.36. The van der Waals surface area contributed by atoms with Gasteiger partial charge in [-0.1, -0.05) is 98.0 Å². The Bertz CT molecular complexity index is 2360. The number of halogens is 3. The molecule has 4 aromatic carbocycles. The zero-order valence-electron chi connectivity index (χ0n) is 30.5. The number of nitrogen functional groups attached to an aromatic ring is 1. The van der Waals surface area contributed by atoms with Gasteiger partial charge in [0.05, 0.1) is 35.1 Å². The topological polar surface area (TPSA) is 121 Å². The molecule has 0 bridgehead atoms. The van der Waals surface area contributed by atoms with Crippen molar-refractivity contribution in [2.75, 3.05) is 29.0 Å². The monoisotopic (exact) mass is 781 g/mol. The molecule has 6 aromatic rings. The van der Waals surface area contributed by atoms with Gasteiger partial charge in [0.2, 0.25) is 5.91 Å². The van der Waals surface area contributed by atoms with Gasteiger partial charge in [-0.05, 0) is 67.8 Å². The molecule has 54 heavy (non-hydrogen) atoms. The predicted octanol–water partition coefficient (Wildman–Crippen LogP) is 10.2. The van der Waals surface area contributed by atoms with E-state index < -0.39 is 5.41 Å². The molecule has 0 saturated carbocycles. The Kier molecular flexibility index (Phi) is 10.4. The molecule has 0 unspecified atom stereocenters. The van der Waals surface area contributed by atoms with Crippen LogP contribution in [0.25, 0.3) is 33.4 Å². The normalized spacial score (nSPS) is 14.3. The standard InChI is InChI=1S/C42H42Cl3N7O2/c1-24(30-13-10-26(43)20-32(30)45)52-23-47-37(25-8-6-5-7-9-25)39(52)36-31-14-11-27(44)21-33(31)49-38(36)40(53)50-34-22-28(46)12-15-35(34)51-18-16-29(17-19-51)48-41(54)42(2,3)4/h5-15,20-24,29,49H,16-19,46H2,1-4H3,(H,48,54)(H,50,53)/t24-/m0/s1. The molecule has 1 aliphatic heterocycles. The number of anilines is 3. The van der Waals surface area contributed by atoms with Crippen molar-refractivity contribution in [1.82, 2.24) is 19.9 Å². The lowest BCUT2D eigenvalue weighted by Crippen LogP contribution is -2.47. The van der Waals surface area contributed by atoms with Crippen molar-refractivity contribution in [3.63, 3.8) is 0 Å². The van der Waals surface area contributed by atoms with Gasteiger partial charge in [0, 0.05) is 67.3 Å². The van der Waals surface area contributed by atoms with Crippen molar-refractivity contribution in [1.29, 1.82) is 0 Å². The summed E-state index contributed by atoms with van der Waals surface area (Å²) in [5, 5.41) is 8.79. The van der Waals surface area contributed by atoms with E-state index in [-0.39, 0.29) is 23.9 Å². The van der Waals surface area contributed by atoms with Crippen LogP contribution in [0.15, 0.2) is 91.3 Å². The molecule has 278 valence electrons. The second kappa shape index (κ2) is 15.1. The highest BCUT2D eigenvalue weighted by Crippen LogP contribution is 2.43. The number of hydrogen-bond donors (Lipinski definition) is 4. The quantitative estimate of drug-likeness (QED) is 0.115. The van der Waals surface area contributed by atoms with E-state index in [1.807, 2.05) is 105 Å². The summed E-state index contributed by atoms with van der Waals surface area (Å²) in [7, 11) is 0. The van der Waals surface area contributed by atoms with Gasteiger partial charge in [-0.15, -0.1) is 0 Å². The van der Waals surface area contributed by atoms with E-state index >= 15 is 0 Å². The van der Waals surface area contributed by atoms with Gasteiger partial charge in [0.1, 0.15) is 5.69 Å². The number of rotatable bonds is 8. The van der Waals surface area contributed by atoms with E-state index in [0.717, 1.165) is 40.7 Å². The lowest BCUT2D eigenvalue weighted by atomic mass is 9.94. The maximum atomic E-state index is 14.7. The number of aromatic nitrogens is 3. The molecule has 0 aliphatic carbocycles. The summed E-state index contributed by atoms with van der Waals surface area (Å²) < 4.78 is 2.04. The Morgan fingerprint density at radius 2 is 1.63 bits per heavy atom. The van der Waals surface area contributed by atoms with Crippen molar-refractivity contribution in [3.05, 3.63) is 118 Å². The molecule has 5 N–H and O–H groups in total. The van der Waals surface area contributed by atoms with Crippen LogP contribution in [0.1, 0.15) is 62.6 Å². The number of aromatic amines is 1. The van der Waals surface area contributed by atoms with E-state index in [2.05, 4.69) is 20.5 Å². The van der Waals surface area contributed by atoms with Crippen LogP contribution in [0.4, 0.5) is 17.1 Å². The van der Waals surface area contributed by atoms with Gasteiger partial charge >= 0.3 is 0 Å². The Hall–Kier alpha value is -4.96. The number of piperidine rings is 1. The third-order valence-electron chi connectivity index (χ3n) is 10.0. The summed E-state index contributed by atoms with van der Waals surface area (Å²) in [5.41, 5.74) is 12.6. The number of nitrogens with zero attached hydrogens (tertiary/aromatic N) is 3. The van der Waals surface area contributed by atoms with Crippen LogP contribution in [0.5, 0.6) is 0 Å². The molecule has 1 saturated heterocycles. The van der Waals surface area contributed by atoms with Crippen LogP contribution in [0.2, 0.25) is 15.1 Å². The first-order valence-corrected chi connectivity index (χ1v) is 19.1. The van der Waals surface area contributed by atoms with Crippen LogP contribution >= 0.6 is 34.8 Å². The van der Waals surface area contributed by atoms with Crippen molar-refractivity contribution >= 4 is 74.6 Å². The van der Waals surface area contributed by atoms with Crippen molar-refractivity contribution in [2.45, 2.75) is 52.6 Å². The number of hydrogen-bond acceptors (Lipinski definition) is 5. The number of fused-ring (bicyclic) bond motifs is 1. The number of carbonyl (C=O) groups excluding carboxylic acids is 2. The van der Waals surface area contributed by atoms with E-state index in [1.54, 1.807) is 18.5 Å². The van der Waals surface area contributed by atoms with Crippen LogP contribution in [0, 0.1) is 5.41 Å². The maximum Gasteiger partial charge on any atom is 0.272 e. The number of benzene rings is 4. The minimum Gasteiger partial charge on any atom is -0.399 e. The summed E-state index contributed by atoms with van der Waals surface area (Å²) >= 11 is 19.6. The first-order valence-electron chi connectivity index (χ1n) is 17.9. The summed E-state index contributed by atoms with van der Waals surface area (Å²) in [5.74, 6) is -0.320. The molecule has 9 nitrogen and oxygen atoms in total. The summed E-state index contributed by atoms with van der Waals surface area (Å²) in [6.45, 7) is 9.18. The van der Waals surface area contributed by atoms with Crippen LogP contribution < -0.4 is 21.3 Å². The fourth-order valence-corrected chi connectivity index (χ4v) is 7.81. The first-order chi connectivity index (χ1) is 25.8. The number of amides is 2. The Labute approximate surface area is 329 Å². The third-order valence-corrected chi connectivity index (χ3v) is 10.8. The Balaban J connectivity index is 1.30. The van der Waals surface area contributed by atoms with Crippen molar-refractivity contribution in [2.24, 2.45) is 5.41 Å². The second-order valence-electron chi connectivity index (χ2n) is 14.8.